The van der Waals surface area contributed by atoms with Crippen molar-refractivity contribution in [3.63, 3.8) is 0 Å². The van der Waals surface area contributed by atoms with Crippen LogP contribution in [0.15, 0.2) is 41.4 Å². The molecule has 176 valence electrons. The molecule has 3 aromatic rings. The molecule has 0 amide bonds. The van der Waals surface area contributed by atoms with Gasteiger partial charge < -0.3 is 29.4 Å². The number of hydrogen-bond donors (Lipinski definition) is 3. The number of aromatic nitrogens is 1. The van der Waals surface area contributed by atoms with Crippen LogP contribution in [-0.4, -0.2) is 60.8 Å². The highest BCUT2D eigenvalue weighted by molar-refractivity contribution is 8.04. The van der Waals surface area contributed by atoms with Crippen molar-refractivity contribution in [1.29, 1.82) is 0 Å². The second-order valence-corrected chi connectivity index (χ2v) is 8.44. The van der Waals surface area contributed by atoms with Crippen molar-refractivity contribution in [3.05, 3.63) is 58.1 Å². The van der Waals surface area contributed by atoms with Gasteiger partial charge in [-0.25, -0.2) is 0 Å². The summed E-state index contributed by atoms with van der Waals surface area (Å²) >= 11 is 1.18. The maximum Gasteiger partial charge on any atom is 0.203 e. The lowest BCUT2D eigenvalue weighted by Crippen LogP contribution is -2.16. The zero-order valence-electron chi connectivity index (χ0n) is 19.2. The van der Waals surface area contributed by atoms with Crippen molar-refractivity contribution in [2.24, 2.45) is 0 Å². The SMILES string of the molecule is CCc1ccc2c(/C=C(\SCC(O)CO)C(=O)c3cc(OC)c(OC)c(OC)c3)c[nH]c2c1. The molecule has 1 aromatic heterocycles. The number of carbonyl (C=O) groups excluding carboxylic acids is 1. The molecule has 1 unspecified atom stereocenters. The number of benzene rings is 2. The summed E-state index contributed by atoms with van der Waals surface area (Å²) in [7, 11) is 4.48. The van der Waals surface area contributed by atoms with E-state index in [1.807, 2.05) is 12.3 Å². The molecule has 0 saturated carbocycles. The van der Waals surface area contributed by atoms with E-state index in [0.29, 0.717) is 27.7 Å². The fourth-order valence-electron chi connectivity index (χ4n) is 3.44. The van der Waals surface area contributed by atoms with Crippen LogP contribution in [0.25, 0.3) is 17.0 Å². The number of aromatic amines is 1. The van der Waals surface area contributed by atoms with Gasteiger partial charge in [-0.1, -0.05) is 19.1 Å². The van der Waals surface area contributed by atoms with Gasteiger partial charge >= 0.3 is 0 Å². The van der Waals surface area contributed by atoms with Crippen LogP contribution < -0.4 is 14.2 Å². The maximum atomic E-state index is 13.5. The number of allylic oxidation sites excluding steroid dienone is 1. The van der Waals surface area contributed by atoms with E-state index >= 15 is 0 Å². The Morgan fingerprint density at radius 1 is 1.12 bits per heavy atom. The van der Waals surface area contributed by atoms with E-state index in [2.05, 4.69) is 24.0 Å². The van der Waals surface area contributed by atoms with E-state index in [9.17, 15) is 15.0 Å². The van der Waals surface area contributed by atoms with Gasteiger partial charge in [0.25, 0.3) is 0 Å². The van der Waals surface area contributed by atoms with E-state index in [4.69, 9.17) is 14.2 Å². The van der Waals surface area contributed by atoms with Gasteiger partial charge in [-0.05, 0) is 36.3 Å². The normalized spacial score (nSPS) is 12.6. The number of carbonyl (C=O) groups is 1. The Morgan fingerprint density at radius 3 is 2.39 bits per heavy atom. The Bertz CT molecular complexity index is 1130. The van der Waals surface area contributed by atoms with Crippen LogP contribution >= 0.6 is 11.8 Å². The number of Topliss-reactive ketones (excluding diaryl/α,β-unsaturated/α-hetero) is 1. The topological polar surface area (TPSA) is 101 Å². The van der Waals surface area contributed by atoms with Crippen LogP contribution in [0.1, 0.15) is 28.4 Å². The Hall–Kier alpha value is -2.94. The number of nitrogens with one attached hydrogen (secondary N) is 1. The molecule has 0 aliphatic heterocycles. The summed E-state index contributed by atoms with van der Waals surface area (Å²) in [5, 5.41) is 20.1. The molecule has 0 saturated heterocycles. The number of methoxy groups -OCH3 is 3. The zero-order chi connectivity index (χ0) is 24.0. The summed E-state index contributed by atoms with van der Waals surface area (Å²) < 4.78 is 16.1. The number of rotatable bonds is 11. The number of aliphatic hydroxyl groups is 2. The lowest BCUT2D eigenvalue weighted by atomic mass is 10.1. The molecule has 0 aliphatic rings. The number of fused-ring (bicyclic) bond motifs is 1. The summed E-state index contributed by atoms with van der Waals surface area (Å²) in [6.07, 6.45) is 3.64. The highest BCUT2D eigenvalue weighted by Gasteiger charge is 2.21. The number of hydrogen-bond acceptors (Lipinski definition) is 7. The second-order valence-electron chi connectivity index (χ2n) is 7.38. The van der Waals surface area contributed by atoms with Gasteiger partial charge in [0.05, 0.1) is 38.9 Å². The number of aryl methyl sites for hydroxylation is 1. The summed E-state index contributed by atoms with van der Waals surface area (Å²) in [5.74, 6) is 1.05. The third-order valence-corrected chi connectivity index (χ3v) is 6.43. The van der Waals surface area contributed by atoms with Gasteiger partial charge in [-0.3, -0.25) is 4.79 Å². The van der Waals surface area contributed by atoms with E-state index in [1.165, 1.54) is 38.7 Å². The van der Waals surface area contributed by atoms with E-state index < -0.39 is 6.10 Å². The third kappa shape index (κ3) is 5.52. The number of ether oxygens (including phenoxy) is 3. The van der Waals surface area contributed by atoms with Crippen LogP contribution in [0.2, 0.25) is 0 Å². The molecule has 8 heteroatoms. The summed E-state index contributed by atoms with van der Waals surface area (Å²) in [5.41, 5.74) is 3.42. The molecule has 0 fully saturated rings. The van der Waals surface area contributed by atoms with Gasteiger partial charge in [0.2, 0.25) is 5.75 Å². The van der Waals surface area contributed by atoms with Gasteiger partial charge in [0, 0.05) is 34.0 Å². The largest absolute Gasteiger partial charge is 0.493 e. The smallest absolute Gasteiger partial charge is 0.203 e. The van der Waals surface area contributed by atoms with Crippen molar-refractivity contribution < 1.29 is 29.2 Å². The summed E-state index contributed by atoms with van der Waals surface area (Å²) in [4.78, 5) is 17.2. The van der Waals surface area contributed by atoms with Crippen molar-refractivity contribution in [2.45, 2.75) is 19.4 Å². The number of thioether (sulfide) groups is 1. The predicted molar refractivity (Wildman–Crippen MR) is 132 cm³/mol. The first kappa shape index (κ1) is 24.7. The van der Waals surface area contributed by atoms with Crippen LogP contribution in [0, 0.1) is 0 Å². The third-order valence-electron chi connectivity index (χ3n) is 5.27. The van der Waals surface area contributed by atoms with Gasteiger partial charge in [-0.2, -0.15) is 0 Å². The minimum Gasteiger partial charge on any atom is -0.493 e. The van der Waals surface area contributed by atoms with Crippen molar-refractivity contribution in [3.8, 4) is 17.2 Å². The molecule has 0 radical (unpaired) electrons. The first-order valence-corrected chi connectivity index (χ1v) is 11.5. The second kappa shape index (κ2) is 11.3. The molecule has 7 nitrogen and oxygen atoms in total. The van der Waals surface area contributed by atoms with Crippen molar-refractivity contribution in [2.75, 3.05) is 33.7 Å². The highest BCUT2D eigenvalue weighted by Crippen LogP contribution is 2.39. The minimum absolute atomic E-state index is 0.167. The Labute approximate surface area is 197 Å². The van der Waals surface area contributed by atoms with E-state index in [1.54, 1.807) is 18.2 Å². The van der Waals surface area contributed by atoms with Crippen LogP contribution in [0.3, 0.4) is 0 Å². The standard InChI is InChI=1S/C25H29NO6S/c1-5-15-6-7-19-17(12-26-20(19)8-15)11-23(33-14-18(28)13-27)24(29)16-9-21(30-2)25(32-4)22(10-16)31-3/h6-12,18,26-28H,5,13-14H2,1-4H3/b23-11-. The molecule has 0 spiro atoms. The minimum atomic E-state index is -0.943. The molecule has 1 atom stereocenters. The van der Waals surface area contributed by atoms with Gasteiger partial charge in [0.15, 0.2) is 17.3 Å². The molecule has 0 bridgehead atoms. The zero-order valence-corrected chi connectivity index (χ0v) is 20.0. The van der Waals surface area contributed by atoms with Crippen molar-refractivity contribution in [1.82, 2.24) is 4.98 Å². The molecule has 3 N–H and O–H groups in total. The maximum absolute atomic E-state index is 13.5. The van der Waals surface area contributed by atoms with Crippen LogP contribution in [0.5, 0.6) is 17.2 Å². The molecular weight excluding hydrogens is 442 g/mol. The van der Waals surface area contributed by atoms with Gasteiger partial charge in [0.1, 0.15) is 0 Å². The molecule has 2 aromatic carbocycles. The average molecular weight is 472 g/mol. The Balaban J connectivity index is 2.07. The van der Waals surface area contributed by atoms with E-state index in [0.717, 1.165) is 22.9 Å². The van der Waals surface area contributed by atoms with Gasteiger partial charge in [-0.15, -0.1) is 11.8 Å². The van der Waals surface area contributed by atoms with E-state index in [-0.39, 0.29) is 18.1 Å². The Morgan fingerprint density at radius 2 is 1.82 bits per heavy atom. The monoisotopic (exact) mass is 471 g/mol. The fourth-order valence-corrected chi connectivity index (χ4v) is 4.38. The molecule has 0 aliphatic carbocycles. The highest BCUT2D eigenvalue weighted by atomic mass is 32.2. The lowest BCUT2D eigenvalue weighted by Gasteiger charge is -2.15. The quantitative estimate of drug-likeness (QED) is 0.286. The summed E-state index contributed by atoms with van der Waals surface area (Å²) in [6, 6.07) is 9.39. The molecule has 33 heavy (non-hydrogen) atoms. The average Bonchev–Trinajstić information content (AvgIpc) is 3.26. The summed E-state index contributed by atoms with van der Waals surface area (Å²) in [6.45, 7) is 1.72. The predicted octanol–water partition coefficient (Wildman–Crippen LogP) is 4.07. The molecular formula is C25H29NO6S. The van der Waals surface area contributed by atoms with Crippen molar-refractivity contribution >= 4 is 34.5 Å². The first-order chi connectivity index (χ1) is 15.9. The molecule has 3 rings (SSSR count). The molecule has 1 heterocycles. The van der Waals surface area contributed by atoms with Crippen LogP contribution in [-0.2, 0) is 6.42 Å². The Kier molecular flexibility index (Phi) is 8.43. The number of H-pyrrole nitrogens is 1. The first-order valence-electron chi connectivity index (χ1n) is 10.5. The lowest BCUT2D eigenvalue weighted by molar-refractivity contribution is 0.104. The number of aliphatic hydroxyl groups excluding tert-OH is 2. The van der Waals surface area contributed by atoms with Crippen LogP contribution in [0.4, 0.5) is 0 Å². The number of ketones is 1. The fraction of sp³-hybridized carbons (Fsp3) is 0.320.